The summed E-state index contributed by atoms with van der Waals surface area (Å²) in [5.74, 6) is -1.47. The first kappa shape index (κ1) is 17.5. The summed E-state index contributed by atoms with van der Waals surface area (Å²) in [6.07, 6.45) is -2.23. The van der Waals surface area contributed by atoms with Crippen LogP contribution in [0.5, 0.6) is 5.75 Å². The van der Waals surface area contributed by atoms with Crippen molar-refractivity contribution in [1.82, 2.24) is 4.98 Å². The van der Waals surface area contributed by atoms with Crippen molar-refractivity contribution in [3.05, 3.63) is 59.5 Å². The van der Waals surface area contributed by atoms with Crippen LogP contribution in [0.1, 0.15) is 11.3 Å². The van der Waals surface area contributed by atoms with Gasteiger partial charge in [0.2, 0.25) is 5.91 Å². The van der Waals surface area contributed by atoms with Crippen LogP contribution in [0.3, 0.4) is 0 Å². The zero-order valence-corrected chi connectivity index (χ0v) is 12.4. The van der Waals surface area contributed by atoms with Gasteiger partial charge in [-0.05, 0) is 35.9 Å². The van der Waals surface area contributed by atoms with E-state index < -0.39 is 23.6 Å². The Balaban J connectivity index is 2.07. The third-order valence-electron chi connectivity index (χ3n) is 2.89. The van der Waals surface area contributed by atoms with Gasteiger partial charge in [-0.3, -0.25) is 4.79 Å². The second-order valence-corrected chi connectivity index (χ2v) is 4.62. The molecule has 0 atom stereocenters. The Morgan fingerprint density at radius 2 is 2.00 bits per heavy atom. The molecule has 0 saturated heterocycles. The summed E-state index contributed by atoms with van der Waals surface area (Å²) in [4.78, 5) is 15.0. The van der Waals surface area contributed by atoms with Crippen LogP contribution >= 0.6 is 0 Å². The molecule has 0 aliphatic rings. The molecule has 126 valence electrons. The van der Waals surface area contributed by atoms with Crippen molar-refractivity contribution in [3.8, 4) is 5.75 Å². The molecule has 0 bridgehead atoms. The molecule has 1 aromatic heterocycles. The molecule has 1 heterocycles. The van der Waals surface area contributed by atoms with Gasteiger partial charge in [0.25, 0.3) is 0 Å². The molecular formula is C16H12F4N2O2. The summed E-state index contributed by atoms with van der Waals surface area (Å²) in [6.45, 7) is 0. The molecule has 1 aromatic carbocycles. The number of benzene rings is 1. The molecule has 2 aromatic rings. The molecule has 8 heteroatoms. The number of hydrogen-bond acceptors (Lipinski definition) is 3. The lowest BCUT2D eigenvalue weighted by Gasteiger charge is -2.07. The summed E-state index contributed by atoms with van der Waals surface area (Å²) in [7, 11) is 1.32. The van der Waals surface area contributed by atoms with Crippen LogP contribution in [-0.4, -0.2) is 18.0 Å². The molecule has 0 saturated carbocycles. The fourth-order valence-corrected chi connectivity index (χ4v) is 1.79. The minimum absolute atomic E-state index is 0.0600. The van der Waals surface area contributed by atoms with E-state index in [1.54, 1.807) is 0 Å². The third-order valence-corrected chi connectivity index (χ3v) is 2.89. The Kier molecular flexibility index (Phi) is 5.18. The second kappa shape index (κ2) is 7.12. The van der Waals surface area contributed by atoms with E-state index in [-0.39, 0.29) is 11.6 Å². The maximum Gasteiger partial charge on any atom is 0.433 e. The molecule has 24 heavy (non-hydrogen) atoms. The molecule has 1 amide bonds. The molecule has 2 rings (SSSR count). The van der Waals surface area contributed by atoms with Crippen LogP contribution in [0.4, 0.5) is 23.4 Å². The smallest absolute Gasteiger partial charge is 0.433 e. The molecular weight excluding hydrogens is 328 g/mol. The number of alkyl halides is 3. The molecule has 0 aliphatic heterocycles. The van der Waals surface area contributed by atoms with Crippen molar-refractivity contribution in [2.45, 2.75) is 6.18 Å². The van der Waals surface area contributed by atoms with Gasteiger partial charge in [-0.25, -0.2) is 9.37 Å². The zero-order chi connectivity index (χ0) is 17.7. The van der Waals surface area contributed by atoms with Gasteiger partial charge in [0, 0.05) is 6.08 Å². The first-order valence-electron chi connectivity index (χ1n) is 6.66. The van der Waals surface area contributed by atoms with Crippen molar-refractivity contribution in [3.63, 3.8) is 0 Å². The van der Waals surface area contributed by atoms with Gasteiger partial charge in [0.1, 0.15) is 11.5 Å². The summed E-state index contributed by atoms with van der Waals surface area (Å²) in [6, 6.07) is 7.23. The number of pyridine rings is 1. The van der Waals surface area contributed by atoms with Crippen molar-refractivity contribution < 1.29 is 27.1 Å². The molecule has 0 aliphatic carbocycles. The van der Waals surface area contributed by atoms with Gasteiger partial charge in [0.05, 0.1) is 7.11 Å². The van der Waals surface area contributed by atoms with Crippen molar-refractivity contribution in [2.24, 2.45) is 0 Å². The minimum Gasteiger partial charge on any atom is -0.494 e. The quantitative estimate of drug-likeness (QED) is 0.678. The number of aromatic nitrogens is 1. The van der Waals surface area contributed by atoms with Crippen molar-refractivity contribution in [2.75, 3.05) is 12.4 Å². The number of nitrogens with one attached hydrogen (secondary N) is 1. The SMILES string of the molecule is COc1ccc(/C=C/C(=O)Nc2cccc(C(F)(F)F)n2)cc1F. The number of carbonyl (C=O) groups is 1. The Labute approximate surface area is 134 Å². The normalized spacial score (nSPS) is 11.5. The lowest BCUT2D eigenvalue weighted by atomic mass is 10.2. The van der Waals surface area contributed by atoms with Gasteiger partial charge >= 0.3 is 6.18 Å². The van der Waals surface area contributed by atoms with Gasteiger partial charge < -0.3 is 10.1 Å². The number of nitrogens with zero attached hydrogens (tertiary/aromatic N) is 1. The van der Waals surface area contributed by atoms with Crippen LogP contribution in [0, 0.1) is 5.82 Å². The van der Waals surface area contributed by atoms with E-state index in [1.165, 1.54) is 31.4 Å². The number of anilines is 1. The van der Waals surface area contributed by atoms with Crippen molar-refractivity contribution in [1.29, 1.82) is 0 Å². The first-order valence-corrected chi connectivity index (χ1v) is 6.66. The highest BCUT2D eigenvalue weighted by atomic mass is 19.4. The molecule has 0 fully saturated rings. The van der Waals surface area contributed by atoms with Gasteiger partial charge in [-0.15, -0.1) is 0 Å². The Morgan fingerprint density at radius 1 is 1.25 bits per heavy atom. The van der Waals surface area contributed by atoms with E-state index in [0.29, 0.717) is 5.56 Å². The fraction of sp³-hybridized carbons (Fsp3) is 0.125. The fourth-order valence-electron chi connectivity index (χ4n) is 1.79. The third kappa shape index (κ3) is 4.55. The highest BCUT2D eigenvalue weighted by Gasteiger charge is 2.32. The van der Waals surface area contributed by atoms with E-state index in [4.69, 9.17) is 4.74 Å². The van der Waals surface area contributed by atoms with Crippen LogP contribution < -0.4 is 10.1 Å². The largest absolute Gasteiger partial charge is 0.494 e. The number of halogens is 4. The average Bonchev–Trinajstić information content (AvgIpc) is 2.52. The van der Waals surface area contributed by atoms with E-state index >= 15 is 0 Å². The number of carbonyl (C=O) groups excluding carboxylic acids is 1. The Hall–Kier alpha value is -2.90. The molecule has 0 spiro atoms. The predicted octanol–water partition coefficient (Wildman–Crippen LogP) is 3.90. The van der Waals surface area contributed by atoms with E-state index in [9.17, 15) is 22.4 Å². The Morgan fingerprint density at radius 3 is 2.62 bits per heavy atom. The molecule has 0 unspecified atom stereocenters. The van der Waals surface area contributed by atoms with Gasteiger partial charge in [-0.2, -0.15) is 13.2 Å². The maximum atomic E-state index is 13.5. The van der Waals surface area contributed by atoms with Crippen molar-refractivity contribution >= 4 is 17.8 Å². The summed E-state index contributed by atoms with van der Waals surface area (Å²) in [5.41, 5.74) is -0.720. The number of hydrogen-bond donors (Lipinski definition) is 1. The molecule has 4 nitrogen and oxygen atoms in total. The minimum atomic E-state index is -4.60. The predicted molar refractivity (Wildman–Crippen MR) is 79.9 cm³/mol. The zero-order valence-electron chi connectivity index (χ0n) is 12.4. The van der Waals surface area contributed by atoms with Gasteiger partial charge in [-0.1, -0.05) is 12.1 Å². The lowest BCUT2D eigenvalue weighted by Crippen LogP contribution is -2.13. The highest BCUT2D eigenvalue weighted by molar-refractivity contribution is 6.01. The summed E-state index contributed by atoms with van der Waals surface area (Å²) in [5, 5.41) is 2.21. The maximum absolute atomic E-state index is 13.5. The number of methoxy groups -OCH3 is 1. The topological polar surface area (TPSA) is 51.2 Å². The van der Waals surface area contributed by atoms with Gasteiger partial charge in [0.15, 0.2) is 11.6 Å². The Bertz CT molecular complexity index is 773. The first-order chi connectivity index (χ1) is 11.3. The number of rotatable bonds is 4. The average molecular weight is 340 g/mol. The van der Waals surface area contributed by atoms with Crippen LogP contribution in [0.15, 0.2) is 42.5 Å². The lowest BCUT2D eigenvalue weighted by molar-refractivity contribution is -0.141. The van der Waals surface area contributed by atoms with E-state index in [0.717, 1.165) is 24.3 Å². The van der Waals surface area contributed by atoms with E-state index in [2.05, 4.69) is 10.3 Å². The molecule has 1 N–H and O–H groups in total. The van der Waals surface area contributed by atoms with Crippen LogP contribution in [0.25, 0.3) is 6.08 Å². The highest BCUT2D eigenvalue weighted by Crippen LogP contribution is 2.28. The monoisotopic (exact) mass is 340 g/mol. The van der Waals surface area contributed by atoms with Crippen LogP contribution in [-0.2, 0) is 11.0 Å². The summed E-state index contributed by atoms with van der Waals surface area (Å²) < 4.78 is 55.9. The molecule has 0 radical (unpaired) electrons. The number of amides is 1. The van der Waals surface area contributed by atoms with E-state index in [1.807, 2.05) is 0 Å². The standard InChI is InChI=1S/C16H12F4N2O2/c1-24-12-7-5-10(9-11(12)17)6-8-15(23)22-14-4-2-3-13(21-14)16(18,19)20/h2-9H,1H3,(H,21,22,23)/b8-6+. The number of ether oxygens (including phenoxy) is 1. The summed E-state index contributed by atoms with van der Waals surface area (Å²) >= 11 is 0. The van der Waals surface area contributed by atoms with Crippen LogP contribution in [0.2, 0.25) is 0 Å². The second-order valence-electron chi connectivity index (χ2n) is 4.62.